The zero-order valence-corrected chi connectivity index (χ0v) is 18.5. The highest BCUT2D eigenvalue weighted by atomic mass is 32.2. The predicted octanol–water partition coefficient (Wildman–Crippen LogP) is 5.93. The largest absolute Gasteiger partial charge is 0.462 e. The van der Waals surface area contributed by atoms with Crippen molar-refractivity contribution in [3.63, 3.8) is 0 Å². The summed E-state index contributed by atoms with van der Waals surface area (Å²) in [6, 6.07) is 19.4. The molecule has 1 amide bonds. The number of benzene rings is 2. The Bertz CT molecular complexity index is 1150. The maximum atomic E-state index is 12.6. The van der Waals surface area contributed by atoms with Crippen molar-refractivity contribution in [1.82, 2.24) is 4.98 Å². The van der Waals surface area contributed by atoms with Gasteiger partial charge < -0.3 is 10.1 Å². The van der Waals surface area contributed by atoms with Crippen LogP contribution in [0.5, 0.6) is 0 Å². The van der Waals surface area contributed by atoms with Gasteiger partial charge in [0.05, 0.1) is 28.1 Å². The number of ether oxygens (including phenoxy) is 1. The van der Waals surface area contributed by atoms with E-state index >= 15 is 0 Å². The van der Waals surface area contributed by atoms with Gasteiger partial charge in [-0.2, -0.15) is 0 Å². The number of para-hydroxylation sites is 1. The van der Waals surface area contributed by atoms with Crippen molar-refractivity contribution in [2.75, 3.05) is 17.7 Å². The van der Waals surface area contributed by atoms with Crippen LogP contribution in [-0.4, -0.2) is 29.2 Å². The van der Waals surface area contributed by atoms with Gasteiger partial charge in [-0.1, -0.05) is 54.2 Å². The van der Waals surface area contributed by atoms with Gasteiger partial charge in [-0.3, -0.25) is 4.79 Å². The van der Waals surface area contributed by atoms with Gasteiger partial charge in [-0.25, -0.2) is 9.78 Å². The van der Waals surface area contributed by atoms with Gasteiger partial charge in [0.25, 0.3) is 0 Å². The Morgan fingerprint density at radius 2 is 1.83 bits per heavy atom. The molecule has 0 aliphatic rings. The first kappa shape index (κ1) is 20.6. The maximum absolute atomic E-state index is 12.6. The molecule has 0 atom stereocenters. The van der Waals surface area contributed by atoms with Gasteiger partial charge in [-0.05, 0) is 30.7 Å². The van der Waals surface area contributed by atoms with Gasteiger partial charge in [0.1, 0.15) is 5.00 Å². The van der Waals surface area contributed by atoms with Gasteiger partial charge in [-0.15, -0.1) is 22.7 Å². The molecule has 152 valence electrons. The second-order valence-corrected chi connectivity index (χ2v) is 9.53. The Kier molecular flexibility index (Phi) is 6.47. The smallest absolute Gasteiger partial charge is 0.341 e. The third-order valence-corrected chi connectivity index (χ3v) is 7.42. The number of anilines is 1. The van der Waals surface area contributed by atoms with Crippen molar-refractivity contribution < 1.29 is 14.3 Å². The van der Waals surface area contributed by atoms with Crippen molar-refractivity contribution in [3.8, 4) is 10.4 Å². The number of carbonyl (C=O) groups excluding carboxylic acids is 2. The molecule has 4 rings (SSSR count). The fraction of sp³-hybridized carbons (Fsp3) is 0.136. The summed E-state index contributed by atoms with van der Waals surface area (Å²) in [6.07, 6.45) is 0. The first-order valence-corrected chi connectivity index (χ1v) is 11.9. The molecule has 5 nitrogen and oxygen atoms in total. The van der Waals surface area contributed by atoms with E-state index in [0.717, 1.165) is 25.0 Å². The number of fused-ring (bicyclic) bond motifs is 1. The molecule has 0 saturated carbocycles. The van der Waals surface area contributed by atoms with Crippen molar-refractivity contribution in [2.45, 2.75) is 11.3 Å². The molecule has 1 N–H and O–H groups in total. The summed E-state index contributed by atoms with van der Waals surface area (Å²) in [5.41, 5.74) is 2.29. The van der Waals surface area contributed by atoms with E-state index in [1.165, 1.54) is 23.1 Å². The molecule has 0 radical (unpaired) electrons. The average Bonchev–Trinajstić information content (AvgIpc) is 3.37. The lowest BCUT2D eigenvalue weighted by Gasteiger charge is -2.05. The molecule has 4 aromatic rings. The number of nitrogens with zero attached hydrogens (tertiary/aromatic N) is 1. The maximum Gasteiger partial charge on any atom is 0.341 e. The Balaban J connectivity index is 1.49. The minimum absolute atomic E-state index is 0.189. The highest BCUT2D eigenvalue weighted by Gasteiger charge is 2.20. The summed E-state index contributed by atoms with van der Waals surface area (Å²) >= 11 is 4.31. The summed E-state index contributed by atoms with van der Waals surface area (Å²) < 4.78 is 7.10. The first-order chi connectivity index (χ1) is 14.6. The SMILES string of the molecule is CCOC(=O)c1cc(-c2ccccc2)sc1NC(=O)CSc1nc2ccccc2s1. The van der Waals surface area contributed by atoms with Crippen LogP contribution in [0.1, 0.15) is 17.3 Å². The third kappa shape index (κ3) is 4.72. The van der Waals surface area contributed by atoms with Gasteiger partial charge >= 0.3 is 5.97 Å². The lowest BCUT2D eigenvalue weighted by atomic mass is 10.1. The minimum atomic E-state index is -0.440. The number of thiophene rings is 1. The molecule has 0 fully saturated rings. The summed E-state index contributed by atoms with van der Waals surface area (Å²) in [7, 11) is 0. The number of hydrogen-bond donors (Lipinski definition) is 1. The van der Waals surface area contributed by atoms with E-state index in [9.17, 15) is 9.59 Å². The lowest BCUT2D eigenvalue weighted by molar-refractivity contribution is -0.113. The summed E-state index contributed by atoms with van der Waals surface area (Å²) in [6.45, 7) is 2.03. The predicted molar refractivity (Wildman–Crippen MR) is 125 cm³/mol. The van der Waals surface area contributed by atoms with E-state index in [2.05, 4.69) is 10.3 Å². The van der Waals surface area contributed by atoms with Crippen LogP contribution in [0.3, 0.4) is 0 Å². The second-order valence-electron chi connectivity index (χ2n) is 6.22. The van der Waals surface area contributed by atoms with Crippen LogP contribution in [0.25, 0.3) is 20.7 Å². The molecule has 0 aliphatic heterocycles. The summed E-state index contributed by atoms with van der Waals surface area (Å²) in [5, 5.41) is 3.38. The number of aromatic nitrogens is 1. The van der Waals surface area contributed by atoms with Crippen molar-refractivity contribution >= 4 is 61.5 Å². The molecule has 0 aliphatic carbocycles. The molecule has 8 heteroatoms. The normalized spacial score (nSPS) is 10.8. The Hall–Kier alpha value is -2.68. The molecule has 30 heavy (non-hydrogen) atoms. The summed E-state index contributed by atoms with van der Waals surface area (Å²) in [5.74, 6) is -0.419. The van der Waals surface area contributed by atoms with Crippen LogP contribution in [0.4, 0.5) is 5.00 Å². The number of nitrogens with one attached hydrogen (secondary N) is 1. The van der Waals surface area contributed by atoms with Gasteiger partial charge in [0.15, 0.2) is 4.34 Å². The van der Waals surface area contributed by atoms with Crippen molar-refractivity contribution in [1.29, 1.82) is 0 Å². The number of carbonyl (C=O) groups is 2. The standard InChI is InChI=1S/C22H18N2O3S3/c1-2-27-21(26)15-12-18(14-8-4-3-5-9-14)29-20(15)24-19(25)13-28-22-23-16-10-6-7-11-17(16)30-22/h3-12H,2,13H2,1H3,(H,24,25). The number of rotatable bonds is 7. The lowest BCUT2D eigenvalue weighted by Crippen LogP contribution is -2.15. The Morgan fingerprint density at radius 1 is 1.07 bits per heavy atom. The Labute approximate surface area is 186 Å². The van der Waals surface area contributed by atoms with Crippen LogP contribution in [0.15, 0.2) is 65.0 Å². The topological polar surface area (TPSA) is 68.3 Å². The zero-order valence-electron chi connectivity index (χ0n) is 16.1. The first-order valence-electron chi connectivity index (χ1n) is 9.28. The zero-order chi connectivity index (χ0) is 20.9. The number of thioether (sulfide) groups is 1. The Morgan fingerprint density at radius 3 is 2.60 bits per heavy atom. The minimum Gasteiger partial charge on any atom is -0.462 e. The highest BCUT2D eigenvalue weighted by molar-refractivity contribution is 8.01. The fourth-order valence-corrected chi connectivity index (χ4v) is 5.73. The van der Waals surface area contributed by atoms with Crippen LogP contribution in [0, 0.1) is 0 Å². The molecule has 2 aromatic carbocycles. The average molecular weight is 455 g/mol. The molecule has 0 saturated heterocycles. The van der Waals surface area contributed by atoms with E-state index in [-0.39, 0.29) is 18.3 Å². The monoisotopic (exact) mass is 454 g/mol. The van der Waals surface area contributed by atoms with Crippen molar-refractivity contribution in [2.24, 2.45) is 0 Å². The fourth-order valence-electron chi connectivity index (χ4n) is 2.79. The molecule has 0 spiro atoms. The van der Waals surface area contributed by atoms with Crippen LogP contribution in [-0.2, 0) is 9.53 Å². The molecule has 0 unspecified atom stereocenters. The molecular formula is C22H18N2O3S3. The van der Waals surface area contributed by atoms with Crippen LogP contribution < -0.4 is 5.32 Å². The van der Waals surface area contributed by atoms with Crippen LogP contribution in [0.2, 0.25) is 0 Å². The highest BCUT2D eigenvalue weighted by Crippen LogP contribution is 2.36. The van der Waals surface area contributed by atoms with Crippen LogP contribution >= 0.6 is 34.4 Å². The summed E-state index contributed by atoms with van der Waals surface area (Å²) in [4.78, 5) is 30.4. The number of thiazole rings is 1. The van der Waals surface area contributed by atoms with E-state index < -0.39 is 5.97 Å². The second kappa shape index (κ2) is 9.42. The van der Waals surface area contributed by atoms with E-state index in [0.29, 0.717) is 10.6 Å². The van der Waals surface area contributed by atoms with Gasteiger partial charge in [0, 0.05) is 4.88 Å². The molecule has 2 heterocycles. The number of hydrogen-bond acceptors (Lipinski definition) is 7. The molecular weight excluding hydrogens is 436 g/mol. The van der Waals surface area contributed by atoms with E-state index in [1.807, 2.05) is 54.6 Å². The van der Waals surface area contributed by atoms with Gasteiger partial charge in [0.2, 0.25) is 5.91 Å². The van der Waals surface area contributed by atoms with E-state index in [1.54, 1.807) is 24.3 Å². The number of esters is 1. The van der Waals surface area contributed by atoms with Crippen molar-refractivity contribution in [3.05, 3.63) is 66.2 Å². The third-order valence-electron chi connectivity index (χ3n) is 4.14. The number of amides is 1. The van der Waals surface area contributed by atoms with E-state index in [4.69, 9.17) is 4.74 Å². The quantitative estimate of drug-likeness (QED) is 0.277. The molecule has 2 aromatic heterocycles. The molecule has 0 bridgehead atoms.